The zero-order chi connectivity index (χ0) is 10.3. The van der Waals surface area contributed by atoms with Crippen molar-refractivity contribution < 1.29 is 8.78 Å². The van der Waals surface area contributed by atoms with Crippen LogP contribution in [0.5, 0.6) is 0 Å². The molecule has 0 radical (unpaired) electrons. The molecule has 1 heterocycles. The molecule has 0 bridgehead atoms. The van der Waals surface area contributed by atoms with Crippen LogP contribution in [0.1, 0.15) is 11.3 Å². The summed E-state index contributed by atoms with van der Waals surface area (Å²) in [7, 11) is 0. The van der Waals surface area contributed by atoms with Crippen molar-refractivity contribution in [3.8, 4) is 0 Å². The SMILES string of the molecule is Nc1ccc(Cl)c2cc(C(F)F)sc12. The molecule has 0 amide bonds. The molecule has 0 unspecified atom stereocenters. The normalized spacial score (nSPS) is 11.4. The van der Waals surface area contributed by atoms with Gasteiger partial charge >= 0.3 is 0 Å². The van der Waals surface area contributed by atoms with Crippen LogP contribution in [0, 0.1) is 0 Å². The number of hydrogen-bond acceptors (Lipinski definition) is 2. The fourth-order valence-corrected chi connectivity index (χ4v) is 2.47. The number of rotatable bonds is 1. The Labute approximate surface area is 88.1 Å². The third-order valence-electron chi connectivity index (χ3n) is 1.89. The minimum atomic E-state index is -2.47. The maximum atomic E-state index is 12.4. The highest BCUT2D eigenvalue weighted by atomic mass is 35.5. The van der Waals surface area contributed by atoms with Crippen molar-refractivity contribution in [2.24, 2.45) is 0 Å². The van der Waals surface area contributed by atoms with E-state index in [1.54, 1.807) is 12.1 Å². The second-order valence-electron chi connectivity index (χ2n) is 2.83. The summed E-state index contributed by atoms with van der Waals surface area (Å²) in [4.78, 5) is -0.000185. The summed E-state index contributed by atoms with van der Waals surface area (Å²) in [5.74, 6) is 0. The highest BCUT2D eigenvalue weighted by Crippen LogP contribution is 2.38. The van der Waals surface area contributed by atoms with Gasteiger partial charge in [-0.05, 0) is 18.2 Å². The van der Waals surface area contributed by atoms with Gasteiger partial charge in [-0.3, -0.25) is 0 Å². The molecule has 74 valence electrons. The minimum absolute atomic E-state index is 0.000185. The number of nitrogen functional groups attached to an aromatic ring is 1. The smallest absolute Gasteiger partial charge is 0.272 e. The predicted molar refractivity (Wildman–Crippen MR) is 56.2 cm³/mol. The lowest BCUT2D eigenvalue weighted by Crippen LogP contribution is -1.82. The van der Waals surface area contributed by atoms with Crippen LogP contribution >= 0.6 is 22.9 Å². The molecule has 0 saturated carbocycles. The van der Waals surface area contributed by atoms with Crippen molar-refractivity contribution in [3.63, 3.8) is 0 Å². The zero-order valence-electron chi connectivity index (χ0n) is 6.93. The first-order chi connectivity index (χ1) is 6.59. The average Bonchev–Trinajstić information content (AvgIpc) is 2.57. The van der Waals surface area contributed by atoms with E-state index < -0.39 is 6.43 Å². The monoisotopic (exact) mass is 233 g/mol. The lowest BCUT2D eigenvalue weighted by Gasteiger charge is -1.96. The van der Waals surface area contributed by atoms with E-state index in [2.05, 4.69) is 0 Å². The first-order valence-electron chi connectivity index (χ1n) is 3.85. The molecule has 0 aliphatic rings. The number of fused-ring (bicyclic) bond motifs is 1. The molecule has 1 nitrogen and oxygen atoms in total. The molecular formula is C9H6ClF2NS. The maximum absolute atomic E-state index is 12.4. The van der Waals surface area contributed by atoms with E-state index in [4.69, 9.17) is 17.3 Å². The Kier molecular flexibility index (Phi) is 2.33. The van der Waals surface area contributed by atoms with Gasteiger partial charge in [0.1, 0.15) is 0 Å². The van der Waals surface area contributed by atoms with E-state index in [0.717, 1.165) is 11.3 Å². The van der Waals surface area contributed by atoms with Gasteiger partial charge in [-0.1, -0.05) is 11.6 Å². The third kappa shape index (κ3) is 1.44. The Morgan fingerprint density at radius 1 is 1.36 bits per heavy atom. The average molecular weight is 234 g/mol. The molecule has 0 fully saturated rings. The van der Waals surface area contributed by atoms with Crippen LogP contribution in [0.2, 0.25) is 5.02 Å². The number of nitrogens with two attached hydrogens (primary N) is 1. The third-order valence-corrected chi connectivity index (χ3v) is 3.42. The van der Waals surface area contributed by atoms with Gasteiger partial charge in [0.15, 0.2) is 0 Å². The quantitative estimate of drug-likeness (QED) is 0.738. The first kappa shape index (κ1) is 9.68. The second-order valence-corrected chi connectivity index (χ2v) is 4.32. The van der Waals surface area contributed by atoms with Crippen LogP contribution < -0.4 is 5.73 Å². The molecule has 5 heteroatoms. The van der Waals surface area contributed by atoms with Gasteiger partial charge in [-0.2, -0.15) is 0 Å². The first-order valence-corrected chi connectivity index (χ1v) is 5.04. The van der Waals surface area contributed by atoms with E-state index in [-0.39, 0.29) is 4.88 Å². The molecule has 0 aliphatic heterocycles. The number of hydrogen-bond donors (Lipinski definition) is 1. The van der Waals surface area contributed by atoms with Crippen LogP contribution in [0.4, 0.5) is 14.5 Å². The van der Waals surface area contributed by atoms with E-state index in [1.807, 2.05) is 0 Å². The van der Waals surface area contributed by atoms with Gasteiger partial charge in [-0.25, -0.2) is 8.78 Å². The molecule has 0 atom stereocenters. The van der Waals surface area contributed by atoms with E-state index in [9.17, 15) is 8.78 Å². The largest absolute Gasteiger partial charge is 0.398 e. The Bertz CT molecular complexity index is 442. The number of benzene rings is 1. The number of alkyl halides is 2. The topological polar surface area (TPSA) is 26.0 Å². The Morgan fingerprint density at radius 3 is 2.64 bits per heavy atom. The molecule has 2 N–H and O–H groups in total. The van der Waals surface area contributed by atoms with Crippen molar-refractivity contribution in [1.82, 2.24) is 0 Å². The van der Waals surface area contributed by atoms with Gasteiger partial charge in [0, 0.05) is 16.1 Å². The van der Waals surface area contributed by atoms with E-state index in [0.29, 0.717) is 20.8 Å². The van der Waals surface area contributed by atoms with Crippen LogP contribution in [-0.2, 0) is 0 Å². The second kappa shape index (κ2) is 3.37. The summed E-state index contributed by atoms with van der Waals surface area (Å²) >= 11 is 6.84. The van der Waals surface area contributed by atoms with Crippen LogP contribution in [0.15, 0.2) is 18.2 Å². The molecule has 1 aromatic carbocycles. The summed E-state index contributed by atoms with van der Waals surface area (Å²) in [6, 6.07) is 4.63. The Morgan fingerprint density at radius 2 is 2.07 bits per heavy atom. The summed E-state index contributed by atoms with van der Waals surface area (Å²) < 4.78 is 25.4. The van der Waals surface area contributed by atoms with E-state index >= 15 is 0 Å². The molecule has 2 rings (SSSR count). The van der Waals surface area contributed by atoms with Crippen LogP contribution in [-0.4, -0.2) is 0 Å². The molecule has 14 heavy (non-hydrogen) atoms. The lowest BCUT2D eigenvalue weighted by atomic mass is 10.2. The summed E-state index contributed by atoms with van der Waals surface area (Å²) in [5, 5.41) is 1.06. The fraction of sp³-hybridized carbons (Fsp3) is 0.111. The zero-order valence-corrected chi connectivity index (χ0v) is 8.50. The molecular weight excluding hydrogens is 228 g/mol. The number of halogens is 3. The van der Waals surface area contributed by atoms with Gasteiger partial charge < -0.3 is 5.73 Å². The molecule has 0 saturated heterocycles. The van der Waals surface area contributed by atoms with Gasteiger partial charge in [0.25, 0.3) is 6.43 Å². The summed E-state index contributed by atoms with van der Waals surface area (Å²) in [6.07, 6.45) is -2.47. The molecule has 0 aliphatic carbocycles. The Balaban J connectivity index is 2.75. The Hall–Kier alpha value is -0.870. The van der Waals surface area contributed by atoms with Crippen molar-refractivity contribution in [2.75, 3.05) is 5.73 Å². The molecule has 0 spiro atoms. The van der Waals surface area contributed by atoms with Crippen LogP contribution in [0.25, 0.3) is 10.1 Å². The van der Waals surface area contributed by atoms with Crippen molar-refractivity contribution in [1.29, 1.82) is 0 Å². The fourth-order valence-electron chi connectivity index (χ4n) is 1.24. The standard InChI is InChI=1S/C9H6ClF2NS/c10-5-1-2-6(13)8-4(5)3-7(14-8)9(11)12/h1-3,9H,13H2. The van der Waals surface area contributed by atoms with Crippen LogP contribution in [0.3, 0.4) is 0 Å². The van der Waals surface area contributed by atoms with Crippen molar-refractivity contribution >= 4 is 38.7 Å². The van der Waals surface area contributed by atoms with Gasteiger partial charge in [-0.15, -0.1) is 11.3 Å². The van der Waals surface area contributed by atoms with Crippen molar-refractivity contribution in [2.45, 2.75) is 6.43 Å². The molecule has 1 aromatic heterocycles. The van der Waals surface area contributed by atoms with Gasteiger partial charge in [0.2, 0.25) is 0 Å². The number of anilines is 1. The van der Waals surface area contributed by atoms with Gasteiger partial charge in [0.05, 0.1) is 9.58 Å². The lowest BCUT2D eigenvalue weighted by molar-refractivity contribution is 0.156. The molecule has 2 aromatic rings. The van der Waals surface area contributed by atoms with Crippen molar-refractivity contribution in [3.05, 3.63) is 28.1 Å². The van der Waals surface area contributed by atoms with E-state index in [1.165, 1.54) is 6.07 Å². The maximum Gasteiger partial charge on any atom is 0.272 e. The summed E-state index contributed by atoms with van der Waals surface area (Å²) in [6.45, 7) is 0. The highest BCUT2D eigenvalue weighted by Gasteiger charge is 2.14. The predicted octanol–water partition coefficient (Wildman–Crippen LogP) is 4.07. The highest BCUT2D eigenvalue weighted by molar-refractivity contribution is 7.19. The summed E-state index contributed by atoms with van der Waals surface area (Å²) in [5.41, 5.74) is 6.13. The minimum Gasteiger partial charge on any atom is -0.398 e. The number of thiophene rings is 1.